The Labute approximate surface area is 89.2 Å². The molecule has 0 radical (unpaired) electrons. The quantitative estimate of drug-likeness (QED) is 0.636. The summed E-state index contributed by atoms with van der Waals surface area (Å²) in [6.07, 6.45) is 3.03. The van der Waals surface area contributed by atoms with Crippen molar-refractivity contribution in [2.45, 2.75) is 59.5 Å². The van der Waals surface area contributed by atoms with Crippen molar-refractivity contribution in [2.24, 2.45) is 11.8 Å². The third-order valence-corrected chi connectivity index (χ3v) is 3.21. The first-order chi connectivity index (χ1) is 6.43. The smallest absolute Gasteiger partial charge is 0.0826 e. The van der Waals surface area contributed by atoms with E-state index >= 15 is 0 Å². The molecule has 0 saturated heterocycles. The lowest BCUT2D eigenvalue weighted by molar-refractivity contribution is 0.0520. The van der Waals surface area contributed by atoms with Gasteiger partial charge in [0.1, 0.15) is 0 Å². The molecule has 0 aromatic rings. The average molecular weight is 198 g/mol. The van der Waals surface area contributed by atoms with E-state index in [1.54, 1.807) is 0 Å². The molecule has 0 heterocycles. The number of hydrogen-bond acceptors (Lipinski definition) is 1. The molecule has 0 aromatic heterocycles. The van der Waals surface area contributed by atoms with E-state index in [9.17, 15) is 5.11 Å². The Balaban J connectivity index is 0.000000791. The summed E-state index contributed by atoms with van der Waals surface area (Å²) in [5.74, 6) is 1.45. The van der Waals surface area contributed by atoms with Crippen molar-refractivity contribution in [3.8, 4) is 0 Å². The van der Waals surface area contributed by atoms with Crippen LogP contribution in [0.3, 0.4) is 0 Å². The second-order valence-electron chi connectivity index (χ2n) is 4.62. The molecule has 1 rings (SSSR count). The van der Waals surface area contributed by atoms with E-state index in [1.807, 2.05) is 20.8 Å². The van der Waals surface area contributed by atoms with E-state index in [-0.39, 0.29) is 0 Å². The number of hydrogen-bond donors (Lipinski definition) is 1. The maximum atomic E-state index is 9.84. The SMILES string of the molecule is C=C1CC(C(C)C)CCC1(C)O.CC. The van der Waals surface area contributed by atoms with Crippen molar-refractivity contribution in [2.75, 3.05) is 0 Å². The Morgan fingerprint density at radius 2 is 1.93 bits per heavy atom. The minimum atomic E-state index is -0.592. The summed E-state index contributed by atoms with van der Waals surface area (Å²) < 4.78 is 0. The third-order valence-electron chi connectivity index (χ3n) is 3.21. The zero-order valence-corrected chi connectivity index (χ0v) is 10.4. The first-order valence-electron chi connectivity index (χ1n) is 5.84. The summed E-state index contributed by atoms with van der Waals surface area (Å²) in [7, 11) is 0. The molecule has 1 heteroatoms. The molecule has 1 aliphatic carbocycles. The highest BCUT2D eigenvalue weighted by molar-refractivity contribution is 5.14. The Bertz CT molecular complexity index is 180. The lowest BCUT2D eigenvalue weighted by Crippen LogP contribution is -2.34. The standard InChI is InChI=1S/C11H20O.C2H6/c1-8(2)10-5-6-11(4,12)9(3)7-10;1-2/h8,10,12H,3,5-7H2,1-2,4H3;1-2H3. The second-order valence-corrected chi connectivity index (χ2v) is 4.62. The lowest BCUT2D eigenvalue weighted by Gasteiger charge is -2.37. The fourth-order valence-corrected chi connectivity index (χ4v) is 1.85. The molecule has 0 aromatic carbocycles. The van der Waals surface area contributed by atoms with Gasteiger partial charge in [-0.25, -0.2) is 0 Å². The van der Waals surface area contributed by atoms with Gasteiger partial charge < -0.3 is 5.11 Å². The second kappa shape index (κ2) is 5.55. The molecule has 84 valence electrons. The lowest BCUT2D eigenvalue weighted by atomic mass is 9.73. The van der Waals surface area contributed by atoms with Crippen molar-refractivity contribution in [1.82, 2.24) is 0 Å². The summed E-state index contributed by atoms with van der Waals surface area (Å²) in [5.41, 5.74) is 0.429. The molecule has 0 amide bonds. The normalized spacial score (nSPS) is 32.5. The zero-order valence-electron chi connectivity index (χ0n) is 10.4. The van der Waals surface area contributed by atoms with E-state index in [0.29, 0.717) is 0 Å². The van der Waals surface area contributed by atoms with Crippen LogP contribution in [0.5, 0.6) is 0 Å². The van der Waals surface area contributed by atoms with E-state index in [2.05, 4.69) is 20.4 Å². The van der Waals surface area contributed by atoms with E-state index in [0.717, 1.165) is 36.7 Å². The van der Waals surface area contributed by atoms with Gasteiger partial charge in [0.25, 0.3) is 0 Å². The molecule has 0 bridgehead atoms. The summed E-state index contributed by atoms with van der Waals surface area (Å²) in [6.45, 7) is 14.3. The predicted molar refractivity (Wildman–Crippen MR) is 63.3 cm³/mol. The van der Waals surface area contributed by atoms with Gasteiger partial charge in [0.05, 0.1) is 5.60 Å². The summed E-state index contributed by atoms with van der Waals surface area (Å²) in [5, 5.41) is 9.84. The summed E-state index contributed by atoms with van der Waals surface area (Å²) in [4.78, 5) is 0. The molecule has 2 atom stereocenters. The van der Waals surface area contributed by atoms with Crippen molar-refractivity contribution in [3.05, 3.63) is 12.2 Å². The van der Waals surface area contributed by atoms with Gasteiger partial charge in [0.2, 0.25) is 0 Å². The summed E-state index contributed by atoms with van der Waals surface area (Å²) >= 11 is 0. The molecule has 1 fully saturated rings. The van der Waals surface area contributed by atoms with Gasteiger partial charge in [-0.1, -0.05) is 34.3 Å². The van der Waals surface area contributed by atoms with Crippen LogP contribution in [0.2, 0.25) is 0 Å². The molecule has 14 heavy (non-hydrogen) atoms. The summed E-state index contributed by atoms with van der Waals surface area (Å²) in [6, 6.07) is 0. The van der Waals surface area contributed by atoms with Crippen molar-refractivity contribution in [1.29, 1.82) is 0 Å². The van der Waals surface area contributed by atoms with E-state index in [4.69, 9.17) is 0 Å². The van der Waals surface area contributed by atoms with Gasteiger partial charge in [0, 0.05) is 0 Å². The monoisotopic (exact) mass is 198 g/mol. The van der Waals surface area contributed by atoms with Gasteiger partial charge >= 0.3 is 0 Å². The Morgan fingerprint density at radius 1 is 1.43 bits per heavy atom. The van der Waals surface area contributed by atoms with Crippen LogP contribution in [0.4, 0.5) is 0 Å². The minimum absolute atomic E-state index is 0.592. The molecular weight excluding hydrogens is 172 g/mol. The Morgan fingerprint density at radius 3 is 2.29 bits per heavy atom. The zero-order chi connectivity index (χ0) is 11.4. The fraction of sp³-hybridized carbons (Fsp3) is 0.846. The van der Waals surface area contributed by atoms with Gasteiger partial charge in [0.15, 0.2) is 0 Å². The molecule has 0 spiro atoms. The molecular formula is C13H26O. The Kier molecular flexibility index (Phi) is 5.43. The largest absolute Gasteiger partial charge is 0.386 e. The van der Waals surface area contributed by atoms with Crippen molar-refractivity contribution < 1.29 is 5.11 Å². The highest BCUT2D eigenvalue weighted by Crippen LogP contribution is 2.38. The highest BCUT2D eigenvalue weighted by atomic mass is 16.3. The van der Waals surface area contributed by atoms with Crippen LogP contribution in [-0.4, -0.2) is 10.7 Å². The Hall–Kier alpha value is -0.300. The maximum Gasteiger partial charge on any atom is 0.0826 e. The number of aliphatic hydroxyl groups is 1. The fourth-order valence-electron chi connectivity index (χ4n) is 1.85. The molecule has 1 N–H and O–H groups in total. The minimum Gasteiger partial charge on any atom is -0.386 e. The van der Waals surface area contributed by atoms with Gasteiger partial charge in [-0.15, -0.1) is 0 Å². The molecule has 1 saturated carbocycles. The number of rotatable bonds is 1. The van der Waals surface area contributed by atoms with Crippen LogP contribution in [0.25, 0.3) is 0 Å². The van der Waals surface area contributed by atoms with Crippen LogP contribution in [-0.2, 0) is 0 Å². The first kappa shape index (κ1) is 13.7. The molecule has 1 nitrogen and oxygen atoms in total. The van der Waals surface area contributed by atoms with E-state index < -0.39 is 5.60 Å². The molecule has 0 aliphatic heterocycles. The van der Waals surface area contributed by atoms with Gasteiger partial charge in [-0.2, -0.15) is 0 Å². The van der Waals surface area contributed by atoms with Crippen LogP contribution < -0.4 is 0 Å². The molecule has 1 aliphatic rings. The van der Waals surface area contributed by atoms with Crippen LogP contribution >= 0.6 is 0 Å². The van der Waals surface area contributed by atoms with Gasteiger partial charge in [-0.05, 0) is 43.6 Å². The maximum absolute atomic E-state index is 9.84. The predicted octanol–water partition coefficient (Wildman–Crippen LogP) is 3.78. The van der Waals surface area contributed by atoms with Crippen LogP contribution in [0.15, 0.2) is 12.2 Å². The van der Waals surface area contributed by atoms with E-state index in [1.165, 1.54) is 0 Å². The van der Waals surface area contributed by atoms with Crippen molar-refractivity contribution in [3.63, 3.8) is 0 Å². The first-order valence-corrected chi connectivity index (χ1v) is 5.84. The highest BCUT2D eigenvalue weighted by Gasteiger charge is 2.32. The van der Waals surface area contributed by atoms with Crippen LogP contribution in [0.1, 0.15) is 53.9 Å². The van der Waals surface area contributed by atoms with Gasteiger partial charge in [-0.3, -0.25) is 0 Å². The molecule has 2 unspecified atom stereocenters. The van der Waals surface area contributed by atoms with Crippen LogP contribution in [0, 0.1) is 11.8 Å². The average Bonchev–Trinajstić information content (AvgIpc) is 2.13. The topological polar surface area (TPSA) is 20.2 Å². The van der Waals surface area contributed by atoms with Crippen molar-refractivity contribution >= 4 is 0 Å². The third kappa shape index (κ3) is 3.45.